The summed E-state index contributed by atoms with van der Waals surface area (Å²) in [5, 5.41) is 0.662. The van der Waals surface area contributed by atoms with Gasteiger partial charge in [-0.15, -0.1) is 0 Å². The van der Waals surface area contributed by atoms with Crippen molar-refractivity contribution in [3.8, 4) is 0 Å². The van der Waals surface area contributed by atoms with Gasteiger partial charge in [0.2, 0.25) is 0 Å². The Bertz CT molecular complexity index is 645. The van der Waals surface area contributed by atoms with Crippen LogP contribution in [0.25, 0.3) is 0 Å². The number of nitrogens with zero attached hydrogens (tertiary/aromatic N) is 2. The monoisotopic (exact) mass is 290 g/mol. The summed E-state index contributed by atoms with van der Waals surface area (Å²) in [4.78, 5) is 17.5. The maximum absolute atomic E-state index is 11.5. The van der Waals surface area contributed by atoms with Crippen LogP contribution in [0.5, 0.6) is 0 Å². The van der Waals surface area contributed by atoms with Gasteiger partial charge in [-0.1, -0.05) is 29.8 Å². The van der Waals surface area contributed by atoms with E-state index in [1.807, 2.05) is 31.3 Å². The van der Waals surface area contributed by atoms with Gasteiger partial charge in [-0.05, 0) is 17.7 Å². The summed E-state index contributed by atoms with van der Waals surface area (Å²) in [5.41, 5.74) is 12.6. The lowest BCUT2D eigenvalue weighted by Gasteiger charge is -2.21. The molecule has 104 valence electrons. The van der Waals surface area contributed by atoms with Crippen LogP contribution in [0.4, 0.5) is 11.5 Å². The van der Waals surface area contributed by atoms with E-state index < -0.39 is 5.91 Å². The fraction of sp³-hybridized carbons (Fsp3) is 0.143. The van der Waals surface area contributed by atoms with Crippen molar-refractivity contribution in [3.05, 3.63) is 52.7 Å². The van der Waals surface area contributed by atoms with E-state index in [0.717, 1.165) is 5.56 Å². The molecule has 1 aromatic heterocycles. The molecule has 0 saturated carbocycles. The second kappa shape index (κ2) is 5.79. The van der Waals surface area contributed by atoms with Gasteiger partial charge in [0, 0.05) is 18.6 Å². The van der Waals surface area contributed by atoms with Crippen molar-refractivity contribution in [2.45, 2.75) is 6.54 Å². The molecule has 20 heavy (non-hydrogen) atoms. The summed E-state index contributed by atoms with van der Waals surface area (Å²) < 4.78 is 0. The molecule has 0 aliphatic heterocycles. The first kappa shape index (κ1) is 14.1. The predicted molar refractivity (Wildman–Crippen MR) is 80.7 cm³/mol. The van der Waals surface area contributed by atoms with E-state index in [1.165, 1.54) is 12.3 Å². The number of benzene rings is 1. The summed E-state index contributed by atoms with van der Waals surface area (Å²) in [5.74, 6) is -0.0857. The van der Waals surface area contributed by atoms with Crippen LogP contribution in [-0.2, 0) is 6.54 Å². The minimum Gasteiger partial charge on any atom is -0.397 e. The molecular weight excluding hydrogens is 276 g/mol. The van der Waals surface area contributed by atoms with Gasteiger partial charge in [-0.3, -0.25) is 4.79 Å². The Morgan fingerprint density at radius 1 is 1.40 bits per heavy atom. The highest BCUT2D eigenvalue weighted by atomic mass is 35.5. The predicted octanol–water partition coefficient (Wildman–Crippen LogP) is 2.05. The Hall–Kier alpha value is -2.27. The van der Waals surface area contributed by atoms with Crippen LogP contribution >= 0.6 is 11.6 Å². The summed E-state index contributed by atoms with van der Waals surface area (Å²) in [7, 11) is 1.81. The van der Waals surface area contributed by atoms with Gasteiger partial charge >= 0.3 is 0 Å². The quantitative estimate of drug-likeness (QED) is 0.902. The average molecular weight is 291 g/mol. The van der Waals surface area contributed by atoms with Crippen LogP contribution < -0.4 is 16.4 Å². The normalized spacial score (nSPS) is 10.3. The molecule has 0 aliphatic rings. The van der Waals surface area contributed by atoms with E-state index in [2.05, 4.69) is 4.98 Å². The Kier molecular flexibility index (Phi) is 4.10. The Labute approximate surface area is 122 Å². The molecule has 0 fully saturated rings. The third kappa shape index (κ3) is 3.00. The summed E-state index contributed by atoms with van der Waals surface area (Å²) in [6.07, 6.45) is 1.49. The second-order valence-corrected chi connectivity index (χ2v) is 4.86. The third-order valence-corrected chi connectivity index (χ3v) is 3.25. The van der Waals surface area contributed by atoms with Crippen molar-refractivity contribution in [2.75, 3.05) is 17.7 Å². The van der Waals surface area contributed by atoms with Gasteiger partial charge in [0.25, 0.3) is 5.91 Å². The molecule has 0 aliphatic carbocycles. The smallest absolute Gasteiger partial charge is 0.252 e. The number of anilines is 2. The van der Waals surface area contributed by atoms with Crippen LogP contribution in [0.3, 0.4) is 0 Å². The Morgan fingerprint density at radius 2 is 2.10 bits per heavy atom. The van der Waals surface area contributed by atoms with Crippen molar-refractivity contribution < 1.29 is 4.79 Å². The summed E-state index contributed by atoms with van der Waals surface area (Å²) >= 11 is 6.12. The minimum atomic E-state index is -0.564. The molecule has 1 heterocycles. The highest BCUT2D eigenvalue weighted by molar-refractivity contribution is 6.31. The number of rotatable bonds is 4. The fourth-order valence-electron chi connectivity index (χ4n) is 1.92. The maximum atomic E-state index is 11.5. The number of pyridine rings is 1. The zero-order chi connectivity index (χ0) is 14.7. The van der Waals surface area contributed by atoms with Crippen LogP contribution in [0.2, 0.25) is 5.02 Å². The van der Waals surface area contributed by atoms with Gasteiger partial charge in [0.05, 0.1) is 17.4 Å². The molecule has 1 amide bonds. The molecule has 5 nitrogen and oxygen atoms in total. The zero-order valence-corrected chi connectivity index (χ0v) is 11.8. The summed E-state index contributed by atoms with van der Waals surface area (Å²) in [6.45, 7) is 0.511. The first-order valence-corrected chi connectivity index (χ1v) is 6.36. The largest absolute Gasteiger partial charge is 0.397 e. The van der Waals surface area contributed by atoms with Gasteiger partial charge in [-0.25, -0.2) is 4.98 Å². The van der Waals surface area contributed by atoms with E-state index in [-0.39, 0.29) is 0 Å². The van der Waals surface area contributed by atoms with Gasteiger partial charge in [-0.2, -0.15) is 0 Å². The topological polar surface area (TPSA) is 85.2 Å². The van der Waals surface area contributed by atoms with Gasteiger partial charge in [0.15, 0.2) is 0 Å². The number of carbonyl (C=O) groups is 1. The summed E-state index contributed by atoms with van der Waals surface area (Å²) in [6, 6.07) is 9.02. The number of nitrogen functional groups attached to an aromatic ring is 1. The van der Waals surface area contributed by atoms with Crippen molar-refractivity contribution in [3.63, 3.8) is 0 Å². The lowest BCUT2D eigenvalue weighted by Crippen LogP contribution is -2.23. The van der Waals surface area contributed by atoms with Crippen LogP contribution in [0.1, 0.15) is 15.9 Å². The number of hydrogen-bond acceptors (Lipinski definition) is 4. The molecule has 0 unspecified atom stereocenters. The van der Waals surface area contributed by atoms with E-state index in [1.54, 1.807) is 4.90 Å². The van der Waals surface area contributed by atoms with Crippen molar-refractivity contribution in [1.82, 2.24) is 4.98 Å². The molecule has 0 radical (unpaired) electrons. The first-order chi connectivity index (χ1) is 9.49. The molecule has 0 spiro atoms. The highest BCUT2D eigenvalue weighted by Crippen LogP contribution is 2.23. The molecule has 0 saturated heterocycles. The van der Waals surface area contributed by atoms with Gasteiger partial charge in [0.1, 0.15) is 5.82 Å². The number of amides is 1. The molecule has 4 N–H and O–H groups in total. The van der Waals surface area contributed by atoms with E-state index >= 15 is 0 Å². The van der Waals surface area contributed by atoms with Crippen molar-refractivity contribution >= 4 is 29.0 Å². The molecule has 2 aromatic rings. The molecule has 6 heteroatoms. The Morgan fingerprint density at radius 3 is 2.75 bits per heavy atom. The van der Waals surface area contributed by atoms with Crippen molar-refractivity contribution in [1.29, 1.82) is 0 Å². The van der Waals surface area contributed by atoms with Crippen LogP contribution in [0.15, 0.2) is 36.5 Å². The average Bonchev–Trinajstić information content (AvgIpc) is 2.41. The van der Waals surface area contributed by atoms with Crippen LogP contribution in [-0.4, -0.2) is 17.9 Å². The molecule has 0 bridgehead atoms. The lowest BCUT2D eigenvalue weighted by molar-refractivity contribution is 0.100. The van der Waals surface area contributed by atoms with Gasteiger partial charge < -0.3 is 16.4 Å². The standard InChI is InChI=1S/C14H15ClN4O/c1-19(8-9-4-2-3-5-12(9)15)14-11(13(17)20)6-10(16)7-18-14/h2-7H,8,16H2,1H3,(H2,17,20). The second-order valence-electron chi connectivity index (χ2n) is 4.45. The van der Waals surface area contributed by atoms with E-state index in [9.17, 15) is 4.79 Å². The zero-order valence-electron chi connectivity index (χ0n) is 11.0. The number of nitrogens with two attached hydrogens (primary N) is 2. The highest BCUT2D eigenvalue weighted by Gasteiger charge is 2.15. The number of halogens is 1. The molecule has 0 atom stereocenters. The number of primary amides is 1. The fourth-order valence-corrected chi connectivity index (χ4v) is 2.11. The van der Waals surface area contributed by atoms with Crippen molar-refractivity contribution in [2.24, 2.45) is 5.73 Å². The van der Waals surface area contributed by atoms with Crippen LogP contribution in [0, 0.1) is 0 Å². The SMILES string of the molecule is CN(Cc1ccccc1Cl)c1ncc(N)cc1C(N)=O. The number of aromatic nitrogens is 1. The lowest BCUT2D eigenvalue weighted by atomic mass is 10.2. The molecule has 1 aromatic carbocycles. The molecular formula is C14H15ClN4O. The van der Waals surface area contributed by atoms with E-state index in [0.29, 0.717) is 28.6 Å². The Balaban J connectivity index is 2.32. The maximum Gasteiger partial charge on any atom is 0.252 e. The van der Waals surface area contributed by atoms with E-state index in [4.69, 9.17) is 23.1 Å². The number of carbonyl (C=O) groups excluding carboxylic acids is 1. The molecule has 2 rings (SSSR count). The number of hydrogen-bond donors (Lipinski definition) is 2. The minimum absolute atomic E-state index is 0.291. The third-order valence-electron chi connectivity index (χ3n) is 2.88. The first-order valence-electron chi connectivity index (χ1n) is 5.99.